The van der Waals surface area contributed by atoms with Crippen molar-refractivity contribution in [2.24, 2.45) is 0 Å². The minimum absolute atomic E-state index is 0.0169. The first-order chi connectivity index (χ1) is 14.9. The van der Waals surface area contributed by atoms with Crippen LogP contribution in [0.15, 0.2) is 47.4 Å². The summed E-state index contributed by atoms with van der Waals surface area (Å²) in [4.78, 5) is 24.0. The van der Waals surface area contributed by atoms with Crippen molar-refractivity contribution in [2.75, 3.05) is 11.9 Å². The molecule has 0 aliphatic rings. The molecule has 2 rings (SSSR count). The van der Waals surface area contributed by atoms with Crippen LogP contribution < -0.4 is 14.8 Å². The normalized spacial score (nSPS) is 11.5. The first-order valence-electron chi connectivity index (χ1n) is 10.3. The van der Waals surface area contributed by atoms with E-state index in [1.165, 1.54) is 6.07 Å². The molecule has 32 heavy (non-hydrogen) atoms. The summed E-state index contributed by atoms with van der Waals surface area (Å²) in [6.45, 7) is 8.78. The lowest BCUT2D eigenvalue weighted by Crippen LogP contribution is -2.29. The third-order valence-corrected chi connectivity index (χ3v) is 5.50. The summed E-state index contributed by atoms with van der Waals surface area (Å²) < 4.78 is 39.3. The van der Waals surface area contributed by atoms with Gasteiger partial charge in [-0.3, -0.25) is 4.79 Å². The van der Waals surface area contributed by atoms with Gasteiger partial charge in [0.1, 0.15) is 16.2 Å². The number of esters is 1. The number of ether oxygens (including phenoxy) is 2. The highest BCUT2D eigenvalue weighted by Gasteiger charge is 2.28. The lowest BCUT2D eigenvalue weighted by atomic mass is 10.1. The number of sulfonamides is 1. The average molecular weight is 463 g/mol. The van der Waals surface area contributed by atoms with E-state index in [9.17, 15) is 18.0 Å². The third-order valence-electron chi connectivity index (χ3n) is 4.07. The summed E-state index contributed by atoms with van der Waals surface area (Å²) in [6.07, 6.45) is 1.72. The monoisotopic (exact) mass is 462 g/mol. The molecule has 0 aromatic heterocycles. The van der Waals surface area contributed by atoms with Crippen LogP contribution in [0.25, 0.3) is 0 Å². The predicted molar refractivity (Wildman–Crippen MR) is 123 cm³/mol. The number of benzene rings is 2. The third kappa shape index (κ3) is 7.26. The number of hydrogen-bond donors (Lipinski definition) is 2. The van der Waals surface area contributed by atoms with Gasteiger partial charge < -0.3 is 14.8 Å². The summed E-state index contributed by atoms with van der Waals surface area (Å²) in [5, 5.41) is 3.15. The molecule has 0 bridgehead atoms. The van der Waals surface area contributed by atoms with Crippen molar-refractivity contribution in [3.8, 4) is 11.5 Å². The minimum Gasteiger partial charge on any atom is -0.456 e. The van der Waals surface area contributed by atoms with Gasteiger partial charge in [0, 0.05) is 13.5 Å². The fourth-order valence-electron chi connectivity index (χ4n) is 2.74. The van der Waals surface area contributed by atoms with Crippen LogP contribution in [0, 0.1) is 0 Å². The van der Waals surface area contributed by atoms with Crippen molar-refractivity contribution in [1.29, 1.82) is 0 Å². The first-order valence-corrected chi connectivity index (χ1v) is 11.8. The largest absolute Gasteiger partial charge is 0.456 e. The Morgan fingerprint density at radius 2 is 1.72 bits per heavy atom. The van der Waals surface area contributed by atoms with Crippen molar-refractivity contribution in [2.45, 2.75) is 58.0 Å². The number of carbonyl (C=O) groups excluding carboxylic acids is 2. The second kappa shape index (κ2) is 10.5. The van der Waals surface area contributed by atoms with Gasteiger partial charge in [-0.25, -0.2) is 17.9 Å². The van der Waals surface area contributed by atoms with Crippen LogP contribution in [0.1, 0.15) is 57.8 Å². The molecule has 0 heterocycles. The highest BCUT2D eigenvalue weighted by atomic mass is 32.2. The molecule has 0 saturated carbocycles. The van der Waals surface area contributed by atoms with E-state index in [4.69, 9.17) is 9.47 Å². The number of unbranched alkanes of at least 4 members (excludes halogenated alkanes) is 1. The average Bonchev–Trinajstić information content (AvgIpc) is 2.67. The van der Waals surface area contributed by atoms with Crippen molar-refractivity contribution < 1.29 is 27.5 Å². The molecule has 0 atom stereocenters. The molecule has 1 amide bonds. The Hall–Kier alpha value is -3.07. The molecule has 0 unspecified atom stereocenters. The van der Waals surface area contributed by atoms with E-state index < -0.39 is 27.5 Å². The number of anilines is 1. The van der Waals surface area contributed by atoms with Crippen molar-refractivity contribution >= 4 is 27.6 Å². The zero-order valence-electron chi connectivity index (χ0n) is 19.0. The van der Waals surface area contributed by atoms with E-state index in [1.54, 1.807) is 51.1 Å². The zero-order chi connectivity index (χ0) is 23.9. The van der Waals surface area contributed by atoms with Crippen LogP contribution in [-0.4, -0.2) is 32.4 Å². The van der Waals surface area contributed by atoms with Crippen molar-refractivity contribution in [1.82, 2.24) is 4.72 Å². The number of para-hydroxylation sites is 1. The number of hydrogen-bond acceptors (Lipinski definition) is 7. The van der Waals surface area contributed by atoms with Crippen molar-refractivity contribution in [3.63, 3.8) is 0 Å². The van der Waals surface area contributed by atoms with Gasteiger partial charge in [-0.15, -0.1) is 0 Å². The Balaban J connectivity index is 2.69. The highest BCUT2D eigenvalue weighted by Crippen LogP contribution is 2.38. The van der Waals surface area contributed by atoms with E-state index >= 15 is 0 Å². The Morgan fingerprint density at radius 1 is 1.06 bits per heavy atom. The summed E-state index contributed by atoms with van der Waals surface area (Å²) >= 11 is 0. The van der Waals surface area contributed by atoms with Gasteiger partial charge in [0.15, 0.2) is 5.75 Å². The highest BCUT2D eigenvalue weighted by molar-refractivity contribution is 7.90. The Kier molecular flexibility index (Phi) is 8.26. The Morgan fingerprint density at radius 3 is 2.28 bits per heavy atom. The van der Waals surface area contributed by atoms with E-state index in [-0.39, 0.29) is 16.2 Å². The van der Waals surface area contributed by atoms with E-state index in [1.807, 2.05) is 11.6 Å². The Labute approximate surface area is 189 Å². The number of carbonyl (C=O) groups is 2. The molecule has 174 valence electrons. The topological polar surface area (TPSA) is 111 Å². The van der Waals surface area contributed by atoms with Gasteiger partial charge in [0.05, 0.1) is 11.3 Å². The molecule has 8 nitrogen and oxygen atoms in total. The summed E-state index contributed by atoms with van der Waals surface area (Å²) in [5.74, 6) is -1.08. The molecule has 0 aliphatic carbocycles. The maximum Gasteiger partial charge on any atom is 0.338 e. The maximum atomic E-state index is 13.0. The van der Waals surface area contributed by atoms with E-state index in [2.05, 4.69) is 5.32 Å². The molecule has 2 aromatic rings. The minimum atomic E-state index is -4.34. The standard InChI is InChI=1S/C23H30N2O6S/c1-6-7-13-24-19-14-17(22(27)31-23(3,4)5)15-20(32(28,29)25-16(2)26)21(19)30-18-11-9-8-10-12-18/h8-12,14-15,24H,6-7,13H2,1-5H3,(H,25,26). The predicted octanol–water partition coefficient (Wildman–Crippen LogP) is 4.47. The van der Waals surface area contributed by atoms with Gasteiger partial charge in [-0.1, -0.05) is 31.5 Å². The van der Waals surface area contributed by atoms with Gasteiger partial charge >= 0.3 is 5.97 Å². The molecule has 0 aliphatic heterocycles. The Bertz CT molecular complexity index is 1060. The lowest BCUT2D eigenvalue weighted by Gasteiger charge is -2.22. The number of rotatable bonds is 9. The van der Waals surface area contributed by atoms with Gasteiger partial charge in [-0.05, 0) is 51.5 Å². The summed E-state index contributed by atoms with van der Waals surface area (Å²) in [7, 11) is -4.34. The van der Waals surface area contributed by atoms with Crippen LogP contribution in [0.5, 0.6) is 11.5 Å². The van der Waals surface area contributed by atoms with Crippen LogP contribution in [0.2, 0.25) is 0 Å². The smallest absolute Gasteiger partial charge is 0.338 e. The number of amides is 1. The molecule has 2 aromatic carbocycles. The van der Waals surface area contributed by atoms with E-state index in [0.29, 0.717) is 18.0 Å². The summed E-state index contributed by atoms with van der Waals surface area (Å²) in [6, 6.07) is 11.3. The molecule has 2 N–H and O–H groups in total. The van der Waals surface area contributed by atoms with Crippen LogP contribution in [0.3, 0.4) is 0 Å². The maximum absolute atomic E-state index is 13.0. The van der Waals surface area contributed by atoms with Crippen LogP contribution in [0.4, 0.5) is 5.69 Å². The van der Waals surface area contributed by atoms with Crippen molar-refractivity contribution in [3.05, 3.63) is 48.0 Å². The van der Waals surface area contributed by atoms with Gasteiger partial charge in [0.25, 0.3) is 10.0 Å². The molecule has 0 fully saturated rings. The SMILES string of the molecule is CCCCNc1cc(C(=O)OC(C)(C)C)cc(S(=O)(=O)NC(C)=O)c1Oc1ccccc1. The quantitative estimate of drug-likeness (QED) is 0.418. The molecule has 9 heteroatoms. The lowest BCUT2D eigenvalue weighted by molar-refractivity contribution is -0.117. The molecule has 0 saturated heterocycles. The molecular weight excluding hydrogens is 432 g/mol. The van der Waals surface area contributed by atoms with Crippen LogP contribution in [-0.2, 0) is 19.6 Å². The van der Waals surface area contributed by atoms with Gasteiger partial charge in [0.2, 0.25) is 5.91 Å². The van der Waals surface area contributed by atoms with Gasteiger partial charge in [-0.2, -0.15) is 0 Å². The number of nitrogens with one attached hydrogen (secondary N) is 2. The van der Waals surface area contributed by atoms with Crippen LogP contribution >= 0.6 is 0 Å². The molecule has 0 spiro atoms. The summed E-state index contributed by atoms with van der Waals surface area (Å²) in [5.41, 5.74) is -0.458. The second-order valence-electron chi connectivity index (χ2n) is 8.21. The first kappa shape index (κ1) is 25.2. The zero-order valence-corrected chi connectivity index (χ0v) is 19.8. The fourth-order valence-corrected chi connectivity index (χ4v) is 3.91. The molecular formula is C23H30N2O6S. The second-order valence-corrected chi connectivity index (χ2v) is 9.86. The molecule has 0 radical (unpaired) electrons. The fraction of sp³-hybridized carbons (Fsp3) is 0.391. The van der Waals surface area contributed by atoms with E-state index in [0.717, 1.165) is 25.8 Å².